The van der Waals surface area contributed by atoms with E-state index in [0.717, 1.165) is 44.7 Å². The molecular weight excluding hydrogens is 364 g/mol. The van der Waals surface area contributed by atoms with Gasteiger partial charge in [0.25, 0.3) is 0 Å². The Bertz CT molecular complexity index is 1210. The minimum atomic E-state index is -0.903. The third-order valence-electron chi connectivity index (χ3n) is 5.14. The zero-order valence-electron chi connectivity index (χ0n) is 16.6. The Hall–Kier alpha value is -3.60. The number of benzene rings is 2. The number of pyridine rings is 1. The van der Waals surface area contributed by atoms with Gasteiger partial charge in [0.05, 0.1) is 18.4 Å². The monoisotopic (exact) mass is 386 g/mol. The first-order valence-corrected chi connectivity index (χ1v) is 9.48. The van der Waals surface area contributed by atoms with Crippen molar-refractivity contribution in [2.24, 2.45) is 0 Å². The number of rotatable bonds is 5. The molecule has 0 aliphatic heterocycles. The van der Waals surface area contributed by atoms with Gasteiger partial charge in [-0.2, -0.15) is 0 Å². The van der Waals surface area contributed by atoms with E-state index in [4.69, 9.17) is 4.74 Å². The van der Waals surface area contributed by atoms with Crippen LogP contribution in [0.4, 0.5) is 0 Å². The van der Waals surface area contributed by atoms with Gasteiger partial charge in [-0.3, -0.25) is 0 Å². The standard InChI is InChI=1S/C24H22N2O3/c1-14(2)19-12-15(8-9-17(19)24(27)28)16-10-11-25-23-20(16)13-21(26-23)18-6-4-5-7-22(18)29-3/h4-14H,1-3H3,(H,25,26)(H,27,28). The van der Waals surface area contributed by atoms with E-state index in [9.17, 15) is 9.90 Å². The number of nitrogens with zero attached hydrogens (tertiary/aromatic N) is 1. The molecule has 0 unspecified atom stereocenters. The highest BCUT2D eigenvalue weighted by Gasteiger charge is 2.16. The molecule has 0 amide bonds. The largest absolute Gasteiger partial charge is 0.496 e. The van der Waals surface area contributed by atoms with Crippen LogP contribution in [0, 0.1) is 0 Å². The molecule has 4 rings (SSSR count). The number of para-hydroxylation sites is 1. The molecule has 0 spiro atoms. The van der Waals surface area contributed by atoms with Crippen LogP contribution in [0.1, 0.15) is 35.7 Å². The number of carbonyl (C=O) groups is 1. The second kappa shape index (κ2) is 7.43. The van der Waals surface area contributed by atoms with Gasteiger partial charge in [-0.1, -0.05) is 38.1 Å². The van der Waals surface area contributed by atoms with E-state index in [1.165, 1.54) is 0 Å². The molecule has 0 fully saturated rings. The third-order valence-corrected chi connectivity index (χ3v) is 5.14. The van der Waals surface area contributed by atoms with Crippen LogP contribution in [0.3, 0.4) is 0 Å². The van der Waals surface area contributed by atoms with Gasteiger partial charge < -0.3 is 14.8 Å². The van der Waals surface area contributed by atoms with Gasteiger partial charge in [0.1, 0.15) is 11.4 Å². The van der Waals surface area contributed by atoms with Crippen molar-refractivity contribution in [3.63, 3.8) is 0 Å². The molecule has 0 aliphatic rings. The first kappa shape index (κ1) is 18.7. The van der Waals surface area contributed by atoms with Gasteiger partial charge in [0.15, 0.2) is 0 Å². The van der Waals surface area contributed by atoms with Crippen molar-refractivity contribution in [1.82, 2.24) is 9.97 Å². The molecule has 5 heteroatoms. The molecule has 2 aromatic heterocycles. The first-order valence-electron chi connectivity index (χ1n) is 9.48. The van der Waals surface area contributed by atoms with Crippen LogP contribution in [-0.4, -0.2) is 28.2 Å². The molecule has 0 saturated carbocycles. The molecule has 2 N–H and O–H groups in total. The van der Waals surface area contributed by atoms with Crippen molar-refractivity contribution < 1.29 is 14.6 Å². The van der Waals surface area contributed by atoms with E-state index in [2.05, 4.69) is 16.0 Å². The Labute approximate surface area is 169 Å². The van der Waals surface area contributed by atoms with E-state index in [1.807, 2.05) is 56.3 Å². The Morgan fingerprint density at radius 2 is 1.86 bits per heavy atom. The molecule has 29 heavy (non-hydrogen) atoms. The third kappa shape index (κ3) is 3.36. The van der Waals surface area contributed by atoms with Crippen molar-refractivity contribution in [3.05, 3.63) is 71.9 Å². The fraction of sp³-hybridized carbons (Fsp3) is 0.167. The number of carboxylic acid groups (broad SMARTS) is 1. The zero-order valence-corrected chi connectivity index (χ0v) is 16.6. The van der Waals surface area contributed by atoms with Crippen molar-refractivity contribution >= 4 is 17.0 Å². The summed E-state index contributed by atoms with van der Waals surface area (Å²) in [5, 5.41) is 10.5. The maximum atomic E-state index is 11.6. The van der Waals surface area contributed by atoms with Crippen LogP contribution in [0.2, 0.25) is 0 Å². The Kier molecular flexibility index (Phi) is 4.80. The highest BCUT2D eigenvalue weighted by Crippen LogP contribution is 2.36. The molecule has 146 valence electrons. The number of hydrogen-bond donors (Lipinski definition) is 2. The Morgan fingerprint density at radius 1 is 1.07 bits per heavy atom. The lowest BCUT2D eigenvalue weighted by atomic mass is 9.92. The van der Waals surface area contributed by atoms with E-state index in [0.29, 0.717) is 5.56 Å². The van der Waals surface area contributed by atoms with Gasteiger partial charge in [0, 0.05) is 17.1 Å². The van der Waals surface area contributed by atoms with Crippen LogP contribution in [0.5, 0.6) is 5.75 Å². The lowest BCUT2D eigenvalue weighted by Crippen LogP contribution is -2.04. The normalized spacial score (nSPS) is 11.2. The quantitative estimate of drug-likeness (QED) is 0.459. The van der Waals surface area contributed by atoms with E-state index in [-0.39, 0.29) is 5.92 Å². The highest BCUT2D eigenvalue weighted by atomic mass is 16.5. The molecule has 2 heterocycles. The number of H-pyrrole nitrogens is 1. The number of methoxy groups -OCH3 is 1. The zero-order chi connectivity index (χ0) is 20.5. The van der Waals surface area contributed by atoms with Crippen molar-refractivity contribution in [2.75, 3.05) is 7.11 Å². The van der Waals surface area contributed by atoms with Crippen LogP contribution in [0.15, 0.2) is 60.8 Å². The van der Waals surface area contributed by atoms with Gasteiger partial charge in [-0.25, -0.2) is 9.78 Å². The smallest absolute Gasteiger partial charge is 0.335 e. The number of fused-ring (bicyclic) bond motifs is 1. The fourth-order valence-electron chi connectivity index (χ4n) is 3.69. The summed E-state index contributed by atoms with van der Waals surface area (Å²) in [5.41, 5.74) is 5.80. The molecule has 0 radical (unpaired) electrons. The molecule has 5 nitrogen and oxygen atoms in total. The van der Waals surface area contributed by atoms with Crippen LogP contribution >= 0.6 is 0 Å². The minimum Gasteiger partial charge on any atom is -0.496 e. The lowest BCUT2D eigenvalue weighted by molar-refractivity contribution is 0.0695. The maximum absolute atomic E-state index is 11.6. The number of ether oxygens (including phenoxy) is 1. The second-order valence-corrected chi connectivity index (χ2v) is 7.27. The first-order chi connectivity index (χ1) is 14.0. The fourth-order valence-corrected chi connectivity index (χ4v) is 3.69. The van der Waals surface area contributed by atoms with Gasteiger partial charge >= 0.3 is 5.97 Å². The minimum absolute atomic E-state index is 0.105. The summed E-state index contributed by atoms with van der Waals surface area (Å²) >= 11 is 0. The summed E-state index contributed by atoms with van der Waals surface area (Å²) in [6, 6.07) is 17.4. The number of nitrogens with one attached hydrogen (secondary N) is 1. The molecule has 0 saturated heterocycles. The summed E-state index contributed by atoms with van der Waals surface area (Å²) in [7, 11) is 1.66. The van der Waals surface area contributed by atoms with Crippen LogP contribution in [0.25, 0.3) is 33.4 Å². The Morgan fingerprint density at radius 3 is 2.59 bits per heavy atom. The average molecular weight is 386 g/mol. The SMILES string of the molecule is COc1ccccc1-c1cc2c(-c3ccc(C(=O)O)c(C(C)C)c3)ccnc2[nH]1. The lowest BCUT2D eigenvalue weighted by Gasteiger charge is -2.12. The number of hydrogen-bond acceptors (Lipinski definition) is 3. The van der Waals surface area contributed by atoms with Crippen molar-refractivity contribution in [2.45, 2.75) is 19.8 Å². The number of aromatic nitrogens is 2. The molecular formula is C24H22N2O3. The Balaban J connectivity index is 1.89. The highest BCUT2D eigenvalue weighted by molar-refractivity contribution is 5.98. The number of carboxylic acids is 1. The predicted octanol–water partition coefficient (Wildman–Crippen LogP) is 5.73. The van der Waals surface area contributed by atoms with Crippen molar-refractivity contribution in [3.8, 4) is 28.1 Å². The summed E-state index contributed by atoms with van der Waals surface area (Å²) in [4.78, 5) is 19.4. The summed E-state index contributed by atoms with van der Waals surface area (Å²) in [5.74, 6) is -0.0116. The van der Waals surface area contributed by atoms with Crippen molar-refractivity contribution in [1.29, 1.82) is 0 Å². The van der Waals surface area contributed by atoms with Crippen LogP contribution in [-0.2, 0) is 0 Å². The van der Waals surface area contributed by atoms with E-state index < -0.39 is 5.97 Å². The van der Waals surface area contributed by atoms with Crippen LogP contribution < -0.4 is 4.74 Å². The van der Waals surface area contributed by atoms with Gasteiger partial charge in [-0.15, -0.1) is 0 Å². The van der Waals surface area contributed by atoms with E-state index in [1.54, 1.807) is 19.4 Å². The topological polar surface area (TPSA) is 75.2 Å². The molecule has 2 aromatic carbocycles. The molecule has 0 aliphatic carbocycles. The predicted molar refractivity (Wildman–Crippen MR) is 115 cm³/mol. The summed E-state index contributed by atoms with van der Waals surface area (Å²) < 4.78 is 5.49. The summed E-state index contributed by atoms with van der Waals surface area (Å²) in [6.07, 6.45) is 1.76. The summed E-state index contributed by atoms with van der Waals surface area (Å²) in [6.45, 7) is 4.01. The second-order valence-electron chi connectivity index (χ2n) is 7.27. The van der Waals surface area contributed by atoms with Gasteiger partial charge in [-0.05, 0) is 52.9 Å². The maximum Gasteiger partial charge on any atom is 0.335 e. The molecule has 0 bridgehead atoms. The molecule has 4 aromatic rings. The van der Waals surface area contributed by atoms with E-state index >= 15 is 0 Å². The molecule has 0 atom stereocenters. The number of aromatic carboxylic acids is 1. The number of aromatic amines is 1. The average Bonchev–Trinajstić information content (AvgIpc) is 3.17. The van der Waals surface area contributed by atoms with Gasteiger partial charge in [0.2, 0.25) is 0 Å².